The fraction of sp³-hybridized carbons (Fsp3) is 0.951. The van der Waals surface area contributed by atoms with Crippen molar-refractivity contribution in [2.75, 3.05) is 32.8 Å². The summed E-state index contributed by atoms with van der Waals surface area (Å²) in [5.41, 5.74) is 0. The van der Waals surface area contributed by atoms with Crippen molar-refractivity contribution in [2.45, 2.75) is 219 Å². The van der Waals surface area contributed by atoms with Crippen molar-refractivity contribution in [1.82, 2.24) is 4.90 Å². The summed E-state index contributed by atoms with van der Waals surface area (Å²) in [4.78, 5) is 26.9. The number of aliphatic hydroxyl groups is 1. The molecule has 0 aliphatic rings. The number of aliphatic hydroxyl groups excluding tert-OH is 1. The molecule has 6 nitrogen and oxygen atoms in total. The maximum Gasteiger partial charge on any atom is 0.306 e. The minimum atomic E-state index is -0.0382. The lowest BCUT2D eigenvalue weighted by Gasteiger charge is -2.21. The summed E-state index contributed by atoms with van der Waals surface area (Å²) in [5, 5.41) is 9.55. The van der Waals surface area contributed by atoms with E-state index in [1.54, 1.807) is 0 Å². The van der Waals surface area contributed by atoms with Gasteiger partial charge in [-0.25, -0.2) is 0 Å². The highest BCUT2D eigenvalue weighted by atomic mass is 16.5. The van der Waals surface area contributed by atoms with E-state index in [1.807, 2.05) is 0 Å². The van der Waals surface area contributed by atoms with Gasteiger partial charge in [0, 0.05) is 19.4 Å². The zero-order valence-electron chi connectivity index (χ0n) is 31.9. The quantitative estimate of drug-likeness (QED) is 0.0521. The molecule has 0 spiro atoms. The van der Waals surface area contributed by atoms with E-state index in [4.69, 9.17) is 9.47 Å². The minimum absolute atomic E-state index is 0.0153. The summed E-state index contributed by atoms with van der Waals surface area (Å²) >= 11 is 0. The lowest BCUT2D eigenvalue weighted by molar-refractivity contribution is -0.150. The third-order valence-corrected chi connectivity index (χ3v) is 9.45. The Morgan fingerprint density at radius 3 is 1.43 bits per heavy atom. The Labute approximate surface area is 292 Å². The minimum Gasteiger partial charge on any atom is -0.466 e. The lowest BCUT2D eigenvalue weighted by atomic mass is 10.0. The first-order valence-electron chi connectivity index (χ1n) is 20.8. The highest BCUT2D eigenvalue weighted by molar-refractivity contribution is 5.69. The first-order chi connectivity index (χ1) is 23.1. The summed E-state index contributed by atoms with van der Waals surface area (Å²) in [7, 11) is 0. The van der Waals surface area contributed by atoms with Gasteiger partial charge in [-0.2, -0.15) is 0 Å². The van der Waals surface area contributed by atoms with E-state index >= 15 is 0 Å². The Morgan fingerprint density at radius 2 is 0.894 bits per heavy atom. The van der Waals surface area contributed by atoms with Crippen LogP contribution in [0.15, 0.2) is 0 Å². The van der Waals surface area contributed by atoms with E-state index in [1.165, 1.54) is 116 Å². The van der Waals surface area contributed by atoms with Gasteiger partial charge in [-0.05, 0) is 70.9 Å². The van der Waals surface area contributed by atoms with Crippen LogP contribution < -0.4 is 0 Å². The maximum atomic E-state index is 12.8. The van der Waals surface area contributed by atoms with Crippen LogP contribution in [0.3, 0.4) is 0 Å². The van der Waals surface area contributed by atoms with E-state index < -0.39 is 0 Å². The summed E-state index contributed by atoms with van der Waals surface area (Å²) in [6.45, 7) is 10.1. The molecule has 0 amide bonds. The van der Waals surface area contributed by atoms with Gasteiger partial charge < -0.3 is 19.5 Å². The molecular formula is C41H81NO5. The molecular weight excluding hydrogens is 586 g/mol. The molecule has 0 aliphatic heterocycles. The van der Waals surface area contributed by atoms with Gasteiger partial charge in [0.2, 0.25) is 0 Å². The SMILES string of the molecule is CCCCCCCCCC(CCCCCCCCC)OC(=O)CCCCN(CCO)CCCCCCCCCC(=O)OCCCCC. The Hall–Kier alpha value is -1.14. The van der Waals surface area contributed by atoms with E-state index in [-0.39, 0.29) is 24.6 Å². The second kappa shape index (κ2) is 37.7. The van der Waals surface area contributed by atoms with Gasteiger partial charge in [-0.1, -0.05) is 143 Å². The van der Waals surface area contributed by atoms with Gasteiger partial charge in [0.15, 0.2) is 0 Å². The maximum absolute atomic E-state index is 12.8. The number of esters is 2. The van der Waals surface area contributed by atoms with Gasteiger partial charge in [0.05, 0.1) is 13.2 Å². The summed E-state index contributed by atoms with van der Waals surface area (Å²) in [5.74, 6) is -0.0535. The van der Waals surface area contributed by atoms with Crippen LogP contribution in [-0.4, -0.2) is 60.9 Å². The van der Waals surface area contributed by atoms with E-state index in [0.717, 1.165) is 77.3 Å². The second-order valence-corrected chi connectivity index (χ2v) is 14.1. The molecule has 0 saturated heterocycles. The average molecular weight is 668 g/mol. The smallest absolute Gasteiger partial charge is 0.306 e. The van der Waals surface area contributed by atoms with Crippen molar-refractivity contribution in [3.63, 3.8) is 0 Å². The molecule has 0 heterocycles. The van der Waals surface area contributed by atoms with Crippen LogP contribution in [0, 0.1) is 0 Å². The number of nitrogens with zero attached hydrogens (tertiary/aromatic N) is 1. The molecule has 280 valence electrons. The largest absolute Gasteiger partial charge is 0.466 e. The summed E-state index contributed by atoms with van der Waals surface area (Å²) < 4.78 is 11.3. The Balaban J connectivity index is 4.12. The molecule has 0 aromatic heterocycles. The van der Waals surface area contributed by atoms with E-state index in [0.29, 0.717) is 26.0 Å². The van der Waals surface area contributed by atoms with Crippen molar-refractivity contribution in [3.05, 3.63) is 0 Å². The summed E-state index contributed by atoms with van der Waals surface area (Å²) in [6.07, 6.45) is 34.4. The van der Waals surface area contributed by atoms with Gasteiger partial charge in [0.25, 0.3) is 0 Å². The first-order valence-corrected chi connectivity index (χ1v) is 20.8. The number of rotatable bonds is 38. The average Bonchev–Trinajstić information content (AvgIpc) is 3.06. The summed E-state index contributed by atoms with van der Waals surface area (Å²) in [6, 6.07) is 0. The van der Waals surface area contributed by atoms with Crippen LogP contribution in [-0.2, 0) is 19.1 Å². The van der Waals surface area contributed by atoms with Crippen molar-refractivity contribution < 1.29 is 24.2 Å². The molecule has 0 aromatic rings. The first kappa shape index (κ1) is 45.9. The highest BCUT2D eigenvalue weighted by Gasteiger charge is 2.15. The van der Waals surface area contributed by atoms with Crippen molar-refractivity contribution in [3.8, 4) is 0 Å². The van der Waals surface area contributed by atoms with Crippen molar-refractivity contribution >= 4 is 11.9 Å². The van der Waals surface area contributed by atoms with Crippen molar-refractivity contribution in [1.29, 1.82) is 0 Å². The number of carbonyl (C=O) groups excluding carboxylic acids is 2. The van der Waals surface area contributed by atoms with Gasteiger partial charge in [-0.3, -0.25) is 9.59 Å². The third kappa shape index (κ3) is 34.5. The lowest BCUT2D eigenvalue weighted by Crippen LogP contribution is -2.29. The Bertz CT molecular complexity index is 640. The van der Waals surface area contributed by atoms with Crippen LogP contribution in [0.5, 0.6) is 0 Å². The molecule has 0 unspecified atom stereocenters. The molecule has 0 saturated carbocycles. The number of unbranched alkanes of at least 4 members (excludes halogenated alkanes) is 21. The molecule has 6 heteroatoms. The van der Waals surface area contributed by atoms with Crippen LogP contribution >= 0.6 is 0 Å². The van der Waals surface area contributed by atoms with Crippen LogP contribution in [0.25, 0.3) is 0 Å². The molecule has 1 N–H and O–H groups in total. The number of ether oxygens (including phenoxy) is 2. The predicted octanol–water partition coefficient (Wildman–Crippen LogP) is 11.5. The highest BCUT2D eigenvalue weighted by Crippen LogP contribution is 2.18. The predicted molar refractivity (Wildman–Crippen MR) is 200 cm³/mol. The van der Waals surface area contributed by atoms with Crippen LogP contribution in [0.4, 0.5) is 0 Å². The molecule has 0 radical (unpaired) electrons. The standard InChI is InChI=1S/C41H81NO5/c1-4-7-10-12-15-19-23-30-39(31-24-20-16-13-11-8-5-2)47-41(45)33-26-28-35-42(36-37-43)34-27-22-18-14-17-21-25-32-40(44)46-38-29-9-6-3/h39,43H,4-38H2,1-3H3. The molecule has 0 aliphatic carbocycles. The van der Waals surface area contributed by atoms with Gasteiger partial charge >= 0.3 is 11.9 Å². The zero-order chi connectivity index (χ0) is 34.5. The topological polar surface area (TPSA) is 76.1 Å². The zero-order valence-corrected chi connectivity index (χ0v) is 31.9. The van der Waals surface area contributed by atoms with E-state index in [2.05, 4.69) is 25.7 Å². The monoisotopic (exact) mass is 668 g/mol. The molecule has 0 fully saturated rings. The van der Waals surface area contributed by atoms with Gasteiger partial charge in [0.1, 0.15) is 6.10 Å². The number of hydrogen-bond donors (Lipinski definition) is 1. The van der Waals surface area contributed by atoms with Crippen LogP contribution in [0.1, 0.15) is 213 Å². The fourth-order valence-corrected chi connectivity index (χ4v) is 6.35. The Kier molecular flexibility index (Phi) is 36.8. The Morgan fingerprint density at radius 1 is 0.489 bits per heavy atom. The van der Waals surface area contributed by atoms with Crippen molar-refractivity contribution in [2.24, 2.45) is 0 Å². The molecule has 47 heavy (non-hydrogen) atoms. The molecule has 0 aromatic carbocycles. The second-order valence-electron chi connectivity index (χ2n) is 14.1. The molecule has 0 bridgehead atoms. The number of carbonyl (C=O) groups is 2. The van der Waals surface area contributed by atoms with E-state index in [9.17, 15) is 14.7 Å². The third-order valence-electron chi connectivity index (χ3n) is 9.45. The van der Waals surface area contributed by atoms with Gasteiger partial charge in [-0.15, -0.1) is 0 Å². The number of hydrogen-bond acceptors (Lipinski definition) is 6. The molecule has 0 rings (SSSR count). The van der Waals surface area contributed by atoms with Crippen LogP contribution in [0.2, 0.25) is 0 Å². The molecule has 0 atom stereocenters. The fourth-order valence-electron chi connectivity index (χ4n) is 6.35. The normalized spacial score (nSPS) is 11.5.